The lowest BCUT2D eigenvalue weighted by Crippen LogP contribution is -2.36. The van der Waals surface area contributed by atoms with E-state index in [0.29, 0.717) is 22.2 Å². The second-order valence-corrected chi connectivity index (χ2v) is 8.59. The summed E-state index contributed by atoms with van der Waals surface area (Å²) in [5, 5.41) is 12.3. The minimum atomic E-state index is -0.574. The molecule has 34 heavy (non-hydrogen) atoms. The Morgan fingerprint density at radius 3 is 2.56 bits per heavy atom. The maximum atomic E-state index is 14.7. The third-order valence-corrected chi connectivity index (χ3v) is 5.66. The molecule has 0 aliphatic heterocycles. The van der Waals surface area contributed by atoms with Crippen LogP contribution in [0.3, 0.4) is 0 Å². The molecule has 0 aliphatic rings. The van der Waals surface area contributed by atoms with Gasteiger partial charge in [0.2, 0.25) is 0 Å². The van der Waals surface area contributed by atoms with Crippen molar-refractivity contribution in [2.24, 2.45) is 7.05 Å². The van der Waals surface area contributed by atoms with E-state index in [9.17, 15) is 19.1 Å². The zero-order valence-electron chi connectivity index (χ0n) is 19.6. The molecular weight excluding hydrogens is 461 g/mol. The van der Waals surface area contributed by atoms with E-state index < -0.39 is 23.3 Å². The molecule has 3 aromatic rings. The van der Waals surface area contributed by atoms with E-state index in [-0.39, 0.29) is 23.3 Å². The van der Waals surface area contributed by atoms with Gasteiger partial charge < -0.3 is 20.2 Å². The lowest BCUT2D eigenvalue weighted by molar-refractivity contribution is 0.0922. The van der Waals surface area contributed by atoms with Gasteiger partial charge in [0, 0.05) is 57.2 Å². The van der Waals surface area contributed by atoms with Crippen LogP contribution in [0.15, 0.2) is 47.5 Å². The van der Waals surface area contributed by atoms with Crippen molar-refractivity contribution in [3.8, 4) is 11.1 Å². The van der Waals surface area contributed by atoms with Crippen LogP contribution in [-0.4, -0.2) is 54.4 Å². The summed E-state index contributed by atoms with van der Waals surface area (Å²) < 4.78 is 16.1. The summed E-state index contributed by atoms with van der Waals surface area (Å²) in [6, 6.07) is 6.86. The minimum Gasteiger partial charge on any atom is -0.394 e. The maximum Gasteiger partial charge on any atom is 0.259 e. The Labute approximate surface area is 202 Å². The molecule has 180 valence electrons. The molecule has 10 heteroatoms. The number of anilines is 3. The van der Waals surface area contributed by atoms with Crippen molar-refractivity contribution < 1.29 is 14.3 Å². The first-order chi connectivity index (χ1) is 16.1. The standard InChI is InChI=1S/C24H27ClFN5O3/c1-14(13-32)28-22(33)18-12-27-9-8-20(18)30(4)21-11-17(16-10-15(25)6-7-19(16)26)24(34)31(5)23(21)29(2)3/h6-12,14,32H,13H2,1-5H3,(H,28,33)/t14-/m0/s1. The summed E-state index contributed by atoms with van der Waals surface area (Å²) in [7, 11) is 6.92. The normalized spacial score (nSPS) is 11.8. The van der Waals surface area contributed by atoms with Crippen LogP contribution in [0.5, 0.6) is 0 Å². The van der Waals surface area contributed by atoms with E-state index in [1.807, 2.05) is 0 Å². The number of benzene rings is 1. The fourth-order valence-electron chi connectivity index (χ4n) is 3.72. The second-order valence-electron chi connectivity index (χ2n) is 8.16. The van der Waals surface area contributed by atoms with Gasteiger partial charge in [-0.25, -0.2) is 4.39 Å². The molecular formula is C24H27ClFN5O3. The average molecular weight is 488 g/mol. The molecule has 0 spiro atoms. The van der Waals surface area contributed by atoms with Crippen LogP contribution >= 0.6 is 11.6 Å². The third kappa shape index (κ3) is 4.90. The highest BCUT2D eigenvalue weighted by molar-refractivity contribution is 6.30. The zero-order valence-corrected chi connectivity index (χ0v) is 20.4. The van der Waals surface area contributed by atoms with Crippen molar-refractivity contribution >= 4 is 34.7 Å². The summed E-state index contributed by atoms with van der Waals surface area (Å²) >= 11 is 6.08. The summed E-state index contributed by atoms with van der Waals surface area (Å²) in [5.41, 5.74) is 1.15. The Bertz CT molecular complexity index is 1280. The van der Waals surface area contributed by atoms with Crippen molar-refractivity contribution in [2.45, 2.75) is 13.0 Å². The van der Waals surface area contributed by atoms with E-state index in [2.05, 4.69) is 10.3 Å². The SMILES string of the molecule is C[C@@H](CO)NC(=O)c1cnccc1N(C)c1cc(-c2cc(Cl)ccc2F)c(=O)n(C)c1N(C)C. The summed E-state index contributed by atoms with van der Waals surface area (Å²) in [6.45, 7) is 1.47. The number of amides is 1. The fraction of sp³-hybridized carbons (Fsp3) is 0.292. The average Bonchev–Trinajstić information content (AvgIpc) is 2.81. The monoisotopic (exact) mass is 487 g/mol. The summed E-state index contributed by atoms with van der Waals surface area (Å²) in [4.78, 5) is 33.6. The van der Waals surface area contributed by atoms with Gasteiger partial charge in [0.15, 0.2) is 0 Å². The zero-order chi connectivity index (χ0) is 25.2. The lowest BCUT2D eigenvalue weighted by atomic mass is 10.0. The number of hydrogen-bond donors (Lipinski definition) is 2. The lowest BCUT2D eigenvalue weighted by Gasteiger charge is -2.29. The molecule has 1 atom stereocenters. The van der Waals surface area contributed by atoms with Crippen molar-refractivity contribution in [3.63, 3.8) is 0 Å². The Morgan fingerprint density at radius 1 is 1.21 bits per heavy atom. The Balaban J connectivity index is 2.24. The number of aliphatic hydroxyl groups excluding tert-OH is 1. The topological polar surface area (TPSA) is 90.7 Å². The van der Waals surface area contributed by atoms with Gasteiger partial charge in [-0.2, -0.15) is 0 Å². The van der Waals surface area contributed by atoms with Gasteiger partial charge in [0.1, 0.15) is 11.6 Å². The predicted octanol–water partition coefficient (Wildman–Crippen LogP) is 3.18. The number of carbonyl (C=O) groups excluding carboxylic acids is 1. The number of aromatic nitrogens is 2. The maximum absolute atomic E-state index is 14.7. The first-order valence-corrected chi connectivity index (χ1v) is 10.9. The van der Waals surface area contributed by atoms with Crippen LogP contribution < -0.4 is 20.7 Å². The van der Waals surface area contributed by atoms with Crippen LogP contribution in [0.25, 0.3) is 11.1 Å². The number of carbonyl (C=O) groups is 1. The largest absolute Gasteiger partial charge is 0.394 e. The molecule has 1 aromatic carbocycles. The van der Waals surface area contributed by atoms with Crippen LogP contribution in [0.1, 0.15) is 17.3 Å². The molecule has 0 radical (unpaired) electrons. The molecule has 0 aliphatic carbocycles. The van der Waals surface area contributed by atoms with Gasteiger partial charge in [0.05, 0.1) is 29.1 Å². The predicted molar refractivity (Wildman–Crippen MR) is 133 cm³/mol. The molecule has 0 saturated heterocycles. The highest BCUT2D eigenvalue weighted by atomic mass is 35.5. The van der Waals surface area contributed by atoms with E-state index in [1.165, 1.54) is 29.0 Å². The highest BCUT2D eigenvalue weighted by Gasteiger charge is 2.24. The first-order valence-electron chi connectivity index (χ1n) is 10.5. The van der Waals surface area contributed by atoms with E-state index in [1.54, 1.807) is 63.2 Å². The summed E-state index contributed by atoms with van der Waals surface area (Å²) in [6.07, 6.45) is 2.98. The number of rotatable bonds is 7. The van der Waals surface area contributed by atoms with E-state index in [0.717, 1.165) is 0 Å². The van der Waals surface area contributed by atoms with Crippen LogP contribution in [-0.2, 0) is 7.05 Å². The van der Waals surface area contributed by atoms with Gasteiger partial charge >= 0.3 is 0 Å². The Hall–Kier alpha value is -3.43. The molecule has 2 heterocycles. The number of hydrogen-bond acceptors (Lipinski definition) is 6. The number of halogens is 2. The number of aliphatic hydroxyl groups is 1. The van der Waals surface area contributed by atoms with E-state index >= 15 is 0 Å². The molecule has 2 N–H and O–H groups in total. The molecule has 3 rings (SSSR count). The molecule has 0 saturated carbocycles. The van der Waals surface area contributed by atoms with Gasteiger partial charge in [-0.1, -0.05) is 11.6 Å². The molecule has 2 aromatic heterocycles. The molecule has 8 nitrogen and oxygen atoms in total. The second kappa shape index (κ2) is 10.2. The quantitative estimate of drug-likeness (QED) is 0.532. The van der Waals surface area contributed by atoms with Crippen molar-refractivity contribution in [2.75, 3.05) is 37.5 Å². The van der Waals surface area contributed by atoms with Gasteiger partial charge in [-0.05, 0) is 37.3 Å². The summed E-state index contributed by atoms with van der Waals surface area (Å²) in [5.74, 6) is -0.436. The third-order valence-electron chi connectivity index (χ3n) is 5.42. The van der Waals surface area contributed by atoms with Gasteiger partial charge in [-0.15, -0.1) is 0 Å². The Morgan fingerprint density at radius 2 is 1.91 bits per heavy atom. The van der Waals surface area contributed by atoms with Crippen molar-refractivity contribution in [3.05, 3.63) is 69.5 Å². The molecule has 0 fully saturated rings. The fourth-order valence-corrected chi connectivity index (χ4v) is 3.89. The minimum absolute atomic E-state index is 0.0810. The molecule has 1 amide bonds. The van der Waals surface area contributed by atoms with Gasteiger partial charge in [0.25, 0.3) is 11.5 Å². The van der Waals surface area contributed by atoms with E-state index in [4.69, 9.17) is 11.6 Å². The van der Waals surface area contributed by atoms with Crippen LogP contribution in [0.2, 0.25) is 5.02 Å². The van der Waals surface area contributed by atoms with Crippen molar-refractivity contribution in [1.29, 1.82) is 0 Å². The Kier molecular flexibility index (Phi) is 7.58. The van der Waals surface area contributed by atoms with Crippen LogP contribution in [0.4, 0.5) is 21.6 Å². The molecule has 0 unspecified atom stereocenters. The molecule has 0 bridgehead atoms. The number of nitrogens with zero attached hydrogens (tertiary/aromatic N) is 4. The van der Waals surface area contributed by atoms with Crippen LogP contribution in [0, 0.1) is 5.82 Å². The van der Waals surface area contributed by atoms with Crippen molar-refractivity contribution in [1.82, 2.24) is 14.9 Å². The number of pyridine rings is 2. The first kappa shape index (κ1) is 25.2. The highest BCUT2D eigenvalue weighted by Crippen LogP contribution is 2.36. The van der Waals surface area contributed by atoms with Gasteiger partial charge in [-0.3, -0.25) is 19.1 Å². The number of nitrogens with one attached hydrogen (secondary N) is 1. The smallest absolute Gasteiger partial charge is 0.259 e.